The van der Waals surface area contributed by atoms with Gasteiger partial charge in [0.2, 0.25) is 18.2 Å². The van der Waals surface area contributed by atoms with E-state index in [2.05, 4.69) is 6.92 Å². The van der Waals surface area contributed by atoms with Gasteiger partial charge in [-0.1, -0.05) is 39.0 Å². The summed E-state index contributed by atoms with van der Waals surface area (Å²) in [5.41, 5.74) is 0. The van der Waals surface area contributed by atoms with E-state index in [1.54, 1.807) is 0 Å². The van der Waals surface area contributed by atoms with Crippen molar-refractivity contribution in [3.05, 3.63) is 0 Å². The van der Waals surface area contributed by atoms with Crippen molar-refractivity contribution >= 4 is 17.9 Å². The van der Waals surface area contributed by atoms with Crippen LogP contribution in [0.5, 0.6) is 0 Å². The van der Waals surface area contributed by atoms with Crippen molar-refractivity contribution in [2.45, 2.75) is 90.5 Å². The van der Waals surface area contributed by atoms with Gasteiger partial charge in [-0.25, -0.2) is 0 Å². The topological polar surface area (TPSA) is 118 Å². The van der Waals surface area contributed by atoms with E-state index in [0.717, 1.165) is 39.5 Å². The Labute approximate surface area is 165 Å². The minimum atomic E-state index is -2.12. The van der Waals surface area contributed by atoms with E-state index in [-0.39, 0.29) is 13.2 Å². The summed E-state index contributed by atoms with van der Waals surface area (Å²) in [5, 5.41) is 11.1. The second-order valence-electron chi connectivity index (χ2n) is 6.80. The Kier molecular flexibility index (Phi) is 10.4. The van der Waals surface area contributed by atoms with Crippen molar-refractivity contribution < 1.29 is 43.2 Å². The maximum atomic E-state index is 11.5. The van der Waals surface area contributed by atoms with E-state index >= 15 is 0 Å². The molecule has 0 saturated carbocycles. The lowest BCUT2D eigenvalue weighted by molar-refractivity contribution is -0.272. The van der Waals surface area contributed by atoms with E-state index in [9.17, 15) is 19.5 Å². The molecule has 0 radical (unpaired) electrons. The first kappa shape index (κ1) is 24.3. The van der Waals surface area contributed by atoms with Crippen molar-refractivity contribution in [2.24, 2.45) is 0 Å². The highest BCUT2D eigenvalue weighted by molar-refractivity contribution is 5.67. The molecule has 1 aliphatic rings. The van der Waals surface area contributed by atoms with Crippen LogP contribution < -0.4 is 0 Å². The summed E-state index contributed by atoms with van der Waals surface area (Å²) in [7, 11) is 0. The van der Waals surface area contributed by atoms with Crippen molar-refractivity contribution in [1.29, 1.82) is 0 Å². The van der Waals surface area contributed by atoms with Crippen LogP contribution in [-0.2, 0) is 38.1 Å². The van der Waals surface area contributed by atoms with Crippen molar-refractivity contribution in [1.82, 2.24) is 0 Å². The molecule has 0 amide bonds. The number of aliphatic hydroxyl groups is 1. The van der Waals surface area contributed by atoms with E-state index in [1.807, 2.05) is 0 Å². The van der Waals surface area contributed by atoms with Gasteiger partial charge in [-0.3, -0.25) is 14.4 Å². The molecule has 0 spiro atoms. The predicted octanol–water partition coefficient (Wildman–Crippen LogP) is 1.83. The molecule has 1 N–H and O–H groups in total. The molecule has 4 atom stereocenters. The molecule has 1 rings (SSSR count). The van der Waals surface area contributed by atoms with Gasteiger partial charge < -0.3 is 28.8 Å². The number of carbonyl (C=O) groups excluding carboxylic acids is 3. The van der Waals surface area contributed by atoms with Gasteiger partial charge in [0.15, 0.2) is 6.10 Å². The Hall–Kier alpha value is -1.71. The SMILES string of the molecule is CCCCCCCCO[C@]1(O)[C@@H](COC(C)=O)OC(OC(C)=O)[C@@H]1OC(C)=O. The van der Waals surface area contributed by atoms with Crippen LogP contribution in [0.2, 0.25) is 0 Å². The van der Waals surface area contributed by atoms with Crippen LogP contribution in [0.15, 0.2) is 0 Å². The van der Waals surface area contributed by atoms with E-state index in [1.165, 1.54) is 13.3 Å². The molecule has 0 aromatic heterocycles. The van der Waals surface area contributed by atoms with Gasteiger partial charge in [-0.05, 0) is 6.42 Å². The third-order valence-electron chi connectivity index (χ3n) is 4.26. The Bertz CT molecular complexity index is 522. The van der Waals surface area contributed by atoms with Gasteiger partial charge in [0.25, 0.3) is 0 Å². The normalized spacial score (nSPS) is 26.7. The summed E-state index contributed by atoms with van der Waals surface area (Å²) in [6.07, 6.45) is 2.11. The molecule has 1 fully saturated rings. The molecular formula is C19H32O9. The first-order valence-corrected chi connectivity index (χ1v) is 9.70. The largest absolute Gasteiger partial charge is 0.463 e. The van der Waals surface area contributed by atoms with E-state index in [0.29, 0.717) is 6.42 Å². The lowest BCUT2D eigenvalue weighted by Gasteiger charge is -2.32. The zero-order chi connectivity index (χ0) is 21.2. The van der Waals surface area contributed by atoms with Crippen LogP contribution in [0.3, 0.4) is 0 Å². The highest BCUT2D eigenvalue weighted by Gasteiger charge is 2.61. The Morgan fingerprint density at radius 2 is 1.54 bits per heavy atom. The fourth-order valence-electron chi connectivity index (χ4n) is 2.93. The second kappa shape index (κ2) is 12.0. The van der Waals surface area contributed by atoms with Gasteiger partial charge >= 0.3 is 17.9 Å². The fraction of sp³-hybridized carbons (Fsp3) is 0.842. The zero-order valence-corrected chi connectivity index (χ0v) is 17.1. The maximum Gasteiger partial charge on any atom is 0.305 e. The van der Waals surface area contributed by atoms with Crippen LogP contribution in [-0.4, -0.2) is 60.5 Å². The van der Waals surface area contributed by atoms with Gasteiger partial charge in [-0.2, -0.15) is 0 Å². The lowest BCUT2D eigenvalue weighted by atomic mass is 10.1. The molecule has 28 heavy (non-hydrogen) atoms. The highest BCUT2D eigenvalue weighted by atomic mass is 16.8. The number of hydrogen-bond donors (Lipinski definition) is 1. The maximum absolute atomic E-state index is 11.5. The fourth-order valence-corrected chi connectivity index (χ4v) is 2.93. The molecule has 1 saturated heterocycles. The summed E-state index contributed by atoms with van der Waals surface area (Å²) in [6, 6.07) is 0. The summed E-state index contributed by atoms with van der Waals surface area (Å²) in [5.74, 6) is -4.10. The van der Waals surface area contributed by atoms with Crippen LogP contribution >= 0.6 is 0 Å². The minimum Gasteiger partial charge on any atom is -0.463 e. The lowest BCUT2D eigenvalue weighted by Crippen LogP contribution is -2.54. The summed E-state index contributed by atoms with van der Waals surface area (Å²) >= 11 is 0. The monoisotopic (exact) mass is 404 g/mol. The van der Waals surface area contributed by atoms with Gasteiger partial charge in [0.1, 0.15) is 6.61 Å². The molecule has 0 aromatic carbocycles. The quantitative estimate of drug-likeness (QED) is 0.225. The summed E-state index contributed by atoms with van der Waals surface area (Å²) < 4.78 is 26.2. The van der Waals surface area contributed by atoms with Gasteiger partial charge in [0, 0.05) is 20.8 Å². The number of esters is 3. The van der Waals surface area contributed by atoms with Crippen LogP contribution in [0.25, 0.3) is 0 Å². The van der Waals surface area contributed by atoms with Crippen LogP contribution in [0, 0.1) is 0 Å². The smallest absolute Gasteiger partial charge is 0.305 e. The Balaban J connectivity index is 2.82. The number of unbranched alkanes of at least 4 members (excludes halogenated alkanes) is 5. The number of hydrogen-bond acceptors (Lipinski definition) is 9. The molecule has 0 aliphatic carbocycles. The van der Waals surface area contributed by atoms with Crippen molar-refractivity contribution in [3.63, 3.8) is 0 Å². The second-order valence-corrected chi connectivity index (χ2v) is 6.80. The third-order valence-corrected chi connectivity index (χ3v) is 4.26. The van der Waals surface area contributed by atoms with Gasteiger partial charge in [-0.15, -0.1) is 0 Å². The molecule has 9 nitrogen and oxygen atoms in total. The third kappa shape index (κ3) is 7.73. The van der Waals surface area contributed by atoms with Gasteiger partial charge in [0.05, 0.1) is 6.61 Å². The predicted molar refractivity (Wildman–Crippen MR) is 96.9 cm³/mol. The summed E-state index contributed by atoms with van der Waals surface area (Å²) in [4.78, 5) is 34.0. The number of ether oxygens (including phenoxy) is 5. The molecular weight excluding hydrogens is 372 g/mol. The zero-order valence-electron chi connectivity index (χ0n) is 17.1. The molecule has 9 heteroatoms. The molecule has 0 aromatic rings. The van der Waals surface area contributed by atoms with E-state index in [4.69, 9.17) is 23.7 Å². The highest BCUT2D eigenvalue weighted by Crippen LogP contribution is 2.36. The van der Waals surface area contributed by atoms with Crippen LogP contribution in [0.4, 0.5) is 0 Å². The molecule has 162 valence electrons. The van der Waals surface area contributed by atoms with Crippen LogP contribution in [0.1, 0.15) is 66.2 Å². The number of carbonyl (C=O) groups is 3. The average Bonchev–Trinajstić information content (AvgIpc) is 2.83. The first-order chi connectivity index (χ1) is 13.2. The molecule has 1 unspecified atom stereocenters. The van der Waals surface area contributed by atoms with Crippen molar-refractivity contribution in [2.75, 3.05) is 13.2 Å². The first-order valence-electron chi connectivity index (χ1n) is 9.70. The van der Waals surface area contributed by atoms with E-state index < -0.39 is 42.2 Å². The minimum absolute atomic E-state index is 0.174. The number of rotatable bonds is 12. The average molecular weight is 404 g/mol. The standard InChI is InChI=1S/C19H32O9/c1-5-6-7-8-9-10-11-25-19(23)16(12-24-13(2)20)28-18(27-15(4)22)17(19)26-14(3)21/h16-18,23H,5-12H2,1-4H3/t16-,17+,18?,19-/m1/s1. The summed E-state index contributed by atoms with van der Waals surface area (Å²) in [6.45, 7) is 5.47. The molecule has 1 aliphatic heterocycles. The Morgan fingerprint density at radius 3 is 2.11 bits per heavy atom. The van der Waals surface area contributed by atoms with Crippen molar-refractivity contribution in [3.8, 4) is 0 Å². The molecule has 0 bridgehead atoms. The molecule has 1 heterocycles. The Morgan fingerprint density at radius 1 is 0.929 bits per heavy atom.